The molecule has 1 N–H and O–H groups in total. The summed E-state index contributed by atoms with van der Waals surface area (Å²) in [5, 5.41) is 2.92. The minimum atomic E-state index is -3.49. The van der Waals surface area contributed by atoms with Gasteiger partial charge in [0.2, 0.25) is 0 Å². The summed E-state index contributed by atoms with van der Waals surface area (Å²) in [4.78, 5) is 21.5. The van der Waals surface area contributed by atoms with E-state index in [0.717, 1.165) is 16.7 Å². The van der Waals surface area contributed by atoms with Gasteiger partial charge in [0.1, 0.15) is 5.82 Å². The van der Waals surface area contributed by atoms with Crippen LogP contribution in [0.1, 0.15) is 53.6 Å². The molecular formula is C24H27N3O3S. The summed E-state index contributed by atoms with van der Waals surface area (Å²) in [5.74, 6) is 0.330. The van der Waals surface area contributed by atoms with Crippen molar-refractivity contribution in [1.29, 1.82) is 0 Å². The van der Waals surface area contributed by atoms with Gasteiger partial charge in [-0.25, -0.2) is 18.4 Å². The fourth-order valence-electron chi connectivity index (χ4n) is 3.20. The molecule has 3 rings (SSSR count). The van der Waals surface area contributed by atoms with Crippen molar-refractivity contribution in [3.8, 4) is 11.1 Å². The molecular weight excluding hydrogens is 410 g/mol. The van der Waals surface area contributed by atoms with Gasteiger partial charge in [0.15, 0.2) is 9.84 Å². The maximum absolute atomic E-state index is 13.0. The lowest BCUT2D eigenvalue weighted by molar-refractivity contribution is 0.0939. The summed E-state index contributed by atoms with van der Waals surface area (Å²) in [6.07, 6.45) is 3.85. The van der Waals surface area contributed by atoms with Crippen LogP contribution in [0.15, 0.2) is 59.8 Å². The first-order valence-corrected chi connectivity index (χ1v) is 11.9. The van der Waals surface area contributed by atoms with E-state index >= 15 is 0 Å². The number of hydrogen-bond donors (Lipinski definition) is 1. The van der Waals surface area contributed by atoms with Crippen molar-refractivity contribution in [3.05, 3.63) is 77.4 Å². The third-order valence-corrected chi connectivity index (χ3v) is 6.93. The number of sulfone groups is 1. The van der Waals surface area contributed by atoms with Crippen molar-refractivity contribution in [1.82, 2.24) is 15.3 Å². The van der Waals surface area contributed by atoms with Crippen LogP contribution in [0.25, 0.3) is 11.1 Å². The van der Waals surface area contributed by atoms with Crippen LogP contribution in [0.5, 0.6) is 0 Å². The van der Waals surface area contributed by atoms with Gasteiger partial charge >= 0.3 is 0 Å². The Morgan fingerprint density at radius 1 is 1.00 bits per heavy atom. The molecule has 2 aromatic carbocycles. The van der Waals surface area contributed by atoms with Crippen LogP contribution in [0.2, 0.25) is 0 Å². The molecule has 0 bridgehead atoms. The number of nitrogens with one attached hydrogen (secondary N) is 1. The maximum atomic E-state index is 13.0. The Morgan fingerprint density at radius 2 is 1.65 bits per heavy atom. The molecule has 0 saturated carbocycles. The predicted octanol–water partition coefficient (Wildman–Crippen LogP) is 4.44. The molecule has 1 heterocycles. The average molecular weight is 438 g/mol. The third-order valence-electron chi connectivity index (χ3n) is 5.03. The van der Waals surface area contributed by atoms with Gasteiger partial charge in [-0.2, -0.15) is 0 Å². The highest BCUT2D eigenvalue weighted by Gasteiger charge is 2.19. The molecule has 3 aromatic rings. The van der Waals surface area contributed by atoms with Gasteiger partial charge in [-0.15, -0.1) is 0 Å². The highest BCUT2D eigenvalue weighted by atomic mass is 32.2. The molecule has 0 fully saturated rings. The van der Waals surface area contributed by atoms with Crippen molar-refractivity contribution < 1.29 is 13.2 Å². The number of rotatable bonds is 7. The zero-order valence-corrected chi connectivity index (χ0v) is 19.0. The Balaban J connectivity index is 1.99. The summed E-state index contributed by atoms with van der Waals surface area (Å²) in [7, 11) is -3.49. The minimum Gasteiger partial charge on any atom is -0.345 e. The number of carbonyl (C=O) groups is 1. The topological polar surface area (TPSA) is 89.0 Å². The molecule has 0 aliphatic carbocycles. The number of nitrogens with zero attached hydrogens (tertiary/aromatic N) is 2. The van der Waals surface area contributed by atoms with Crippen LogP contribution in [0, 0.1) is 13.8 Å². The van der Waals surface area contributed by atoms with E-state index < -0.39 is 9.84 Å². The number of benzene rings is 2. The number of amides is 1. The number of aryl methyl sites for hydroxylation is 2. The highest BCUT2D eigenvalue weighted by Crippen LogP contribution is 2.26. The normalized spacial score (nSPS) is 12.4. The highest BCUT2D eigenvalue weighted by molar-refractivity contribution is 7.91. The van der Waals surface area contributed by atoms with Crippen molar-refractivity contribution in [2.24, 2.45) is 0 Å². The largest absolute Gasteiger partial charge is 0.345 e. The second kappa shape index (κ2) is 9.39. The third kappa shape index (κ3) is 5.55. The van der Waals surface area contributed by atoms with Gasteiger partial charge in [-0.3, -0.25) is 4.79 Å². The van der Waals surface area contributed by atoms with Crippen molar-refractivity contribution in [3.63, 3.8) is 0 Å². The molecule has 6 nitrogen and oxygen atoms in total. The molecule has 0 unspecified atom stereocenters. The Morgan fingerprint density at radius 3 is 2.26 bits per heavy atom. The average Bonchev–Trinajstić information content (AvgIpc) is 2.74. The summed E-state index contributed by atoms with van der Waals surface area (Å²) in [6, 6.07) is 12.3. The molecule has 0 spiro atoms. The molecule has 7 heteroatoms. The van der Waals surface area contributed by atoms with Gasteiger partial charge in [0.25, 0.3) is 5.91 Å². The SMILES string of the molecule is CCCS(=O)(=O)c1cc(C(=O)N[C@H](C)c2cnc(C)nc2)cc(-c2ccc(C)cc2)c1. The van der Waals surface area contributed by atoms with Crippen LogP contribution >= 0.6 is 0 Å². The predicted molar refractivity (Wildman–Crippen MR) is 122 cm³/mol. The van der Waals surface area contributed by atoms with Crippen LogP contribution < -0.4 is 5.32 Å². The molecule has 31 heavy (non-hydrogen) atoms. The zero-order valence-electron chi connectivity index (χ0n) is 18.2. The van der Waals surface area contributed by atoms with Crippen LogP contribution in [-0.2, 0) is 9.84 Å². The number of carbonyl (C=O) groups excluding carboxylic acids is 1. The zero-order chi connectivity index (χ0) is 22.6. The van der Waals surface area contributed by atoms with Crippen molar-refractivity contribution >= 4 is 15.7 Å². The van der Waals surface area contributed by atoms with Crippen molar-refractivity contribution in [2.75, 3.05) is 5.75 Å². The molecule has 162 valence electrons. The Bertz CT molecular complexity index is 1170. The van der Waals surface area contributed by atoms with Gasteiger partial charge in [-0.1, -0.05) is 36.8 Å². The van der Waals surface area contributed by atoms with Crippen LogP contribution in [0.3, 0.4) is 0 Å². The lowest BCUT2D eigenvalue weighted by Gasteiger charge is -2.15. The molecule has 0 radical (unpaired) electrons. The molecule has 1 aromatic heterocycles. The van der Waals surface area contributed by atoms with Gasteiger partial charge < -0.3 is 5.32 Å². The molecule has 1 amide bonds. The van der Waals surface area contributed by atoms with Crippen LogP contribution in [0.4, 0.5) is 0 Å². The fourth-order valence-corrected chi connectivity index (χ4v) is 4.58. The summed E-state index contributed by atoms with van der Waals surface area (Å²) in [6.45, 7) is 7.44. The second-order valence-corrected chi connectivity index (χ2v) is 9.80. The summed E-state index contributed by atoms with van der Waals surface area (Å²) >= 11 is 0. The number of aromatic nitrogens is 2. The smallest absolute Gasteiger partial charge is 0.251 e. The Hall–Kier alpha value is -3.06. The molecule has 0 aliphatic heterocycles. The fraction of sp³-hybridized carbons (Fsp3) is 0.292. The second-order valence-electron chi connectivity index (χ2n) is 7.69. The Kier molecular flexibility index (Phi) is 6.85. The van der Waals surface area contributed by atoms with E-state index in [0.29, 0.717) is 23.4 Å². The van der Waals surface area contributed by atoms with E-state index in [-0.39, 0.29) is 22.6 Å². The van der Waals surface area contributed by atoms with E-state index in [9.17, 15) is 13.2 Å². The van der Waals surface area contributed by atoms with E-state index in [4.69, 9.17) is 0 Å². The lowest BCUT2D eigenvalue weighted by Crippen LogP contribution is -2.27. The monoisotopic (exact) mass is 437 g/mol. The summed E-state index contributed by atoms with van der Waals surface area (Å²) < 4.78 is 25.5. The minimum absolute atomic E-state index is 0.0303. The Labute approximate surface area is 183 Å². The maximum Gasteiger partial charge on any atom is 0.251 e. The van der Waals surface area contributed by atoms with E-state index in [1.54, 1.807) is 31.5 Å². The first kappa shape index (κ1) is 22.6. The summed E-state index contributed by atoms with van der Waals surface area (Å²) in [5.41, 5.74) is 3.72. The first-order valence-electron chi connectivity index (χ1n) is 10.2. The molecule has 0 saturated heterocycles. The van der Waals surface area contributed by atoms with Gasteiger partial charge in [0.05, 0.1) is 16.7 Å². The van der Waals surface area contributed by atoms with Gasteiger partial charge in [0, 0.05) is 23.5 Å². The molecule has 1 atom stereocenters. The van der Waals surface area contributed by atoms with E-state index in [1.807, 2.05) is 45.0 Å². The van der Waals surface area contributed by atoms with Crippen molar-refractivity contribution in [2.45, 2.75) is 45.1 Å². The van der Waals surface area contributed by atoms with E-state index in [1.165, 1.54) is 6.07 Å². The lowest BCUT2D eigenvalue weighted by atomic mass is 10.0. The number of hydrogen-bond acceptors (Lipinski definition) is 5. The first-order chi connectivity index (χ1) is 14.7. The molecule has 0 aliphatic rings. The standard InChI is InChI=1S/C24H27N3O3S/c1-5-10-31(29,30)23-12-20(19-8-6-16(2)7-9-19)11-21(13-23)24(28)27-17(3)22-14-25-18(4)26-15-22/h6-9,11-15,17H,5,10H2,1-4H3,(H,27,28)/t17-/m1/s1. The van der Waals surface area contributed by atoms with Crippen LogP contribution in [-0.4, -0.2) is 30.0 Å². The van der Waals surface area contributed by atoms with E-state index in [2.05, 4.69) is 15.3 Å². The quantitative estimate of drug-likeness (QED) is 0.590. The van der Waals surface area contributed by atoms with Gasteiger partial charge in [-0.05, 0) is 56.5 Å².